The number of rotatable bonds is 5. The summed E-state index contributed by atoms with van der Waals surface area (Å²) in [4.78, 5) is 14.1. The van der Waals surface area contributed by atoms with E-state index in [1.165, 1.54) is 5.56 Å². The normalized spacial score (nSPS) is 15.8. The first-order chi connectivity index (χ1) is 10.1. The maximum atomic E-state index is 12.2. The third-order valence-electron chi connectivity index (χ3n) is 3.91. The van der Waals surface area contributed by atoms with Gasteiger partial charge in [-0.05, 0) is 66.5 Å². The standard InChI is InChI=1S/C16H23BrN2O2/c1-12-3-4-15(14(17)11-12)21-10-7-16(20)19(2)13-5-8-18-9-6-13/h3-4,11,13,18H,5-10H2,1-2H3. The van der Waals surface area contributed by atoms with Crippen LogP contribution in [-0.4, -0.2) is 43.6 Å². The van der Waals surface area contributed by atoms with E-state index in [1.807, 2.05) is 37.1 Å². The fraction of sp³-hybridized carbons (Fsp3) is 0.562. The van der Waals surface area contributed by atoms with Crippen LogP contribution in [0.2, 0.25) is 0 Å². The Kier molecular flexibility index (Phi) is 6.06. The predicted octanol–water partition coefficient (Wildman–Crippen LogP) is 2.74. The Balaban J connectivity index is 1.78. The highest BCUT2D eigenvalue weighted by molar-refractivity contribution is 9.10. The molecule has 116 valence electrons. The van der Waals surface area contributed by atoms with Crippen LogP contribution in [0.4, 0.5) is 0 Å². The summed E-state index contributed by atoms with van der Waals surface area (Å²) in [5.41, 5.74) is 1.18. The maximum absolute atomic E-state index is 12.2. The van der Waals surface area contributed by atoms with Gasteiger partial charge in [0.1, 0.15) is 5.75 Å². The van der Waals surface area contributed by atoms with Crippen LogP contribution in [0.15, 0.2) is 22.7 Å². The lowest BCUT2D eigenvalue weighted by Gasteiger charge is -2.31. The minimum Gasteiger partial charge on any atom is -0.492 e. The van der Waals surface area contributed by atoms with Crippen LogP contribution >= 0.6 is 15.9 Å². The van der Waals surface area contributed by atoms with Crippen LogP contribution in [0.3, 0.4) is 0 Å². The Morgan fingerprint density at radius 1 is 1.43 bits per heavy atom. The number of carbonyl (C=O) groups excluding carboxylic acids is 1. The molecule has 1 fully saturated rings. The van der Waals surface area contributed by atoms with Gasteiger partial charge in [0.15, 0.2) is 0 Å². The zero-order chi connectivity index (χ0) is 15.2. The molecule has 0 aliphatic carbocycles. The topological polar surface area (TPSA) is 41.6 Å². The van der Waals surface area contributed by atoms with E-state index in [-0.39, 0.29) is 5.91 Å². The average Bonchev–Trinajstić information content (AvgIpc) is 2.49. The predicted molar refractivity (Wildman–Crippen MR) is 87.7 cm³/mol. The quantitative estimate of drug-likeness (QED) is 0.883. The molecule has 1 aromatic rings. The molecule has 1 aromatic carbocycles. The molecular weight excluding hydrogens is 332 g/mol. The molecule has 0 unspecified atom stereocenters. The average molecular weight is 355 g/mol. The van der Waals surface area contributed by atoms with E-state index in [1.54, 1.807) is 0 Å². The number of amides is 1. The SMILES string of the molecule is Cc1ccc(OCCC(=O)N(C)C2CCNCC2)c(Br)c1. The number of halogens is 1. The van der Waals surface area contributed by atoms with Gasteiger partial charge in [0.05, 0.1) is 17.5 Å². The van der Waals surface area contributed by atoms with E-state index in [9.17, 15) is 4.79 Å². The van der Waals surface area contributed by atoms with Crippen LogP contribution in [0.5, 0.6) is 5.75 Å². The number of benzene rings is 1. The van der Waals surface area contributed by atoms with Crippen molar-refractivity contribution in [3.63, 3.8) is 0 Å². The number of carbonyl (C=O) groups is 1. The van der Waals surface area contributed by atoms with Crippen molar-refractivity contribution in [1.82, 2.24) is 10.2 Å². The Morgan fingerprint density at radius 2 is 2.14 bits per heavy atom. The molecule has 0 bridgehead atoms. The Morgan fingerprint density at radius 3 is 2.81 bits per heavy atom. The van der Waals surface area contributed by atoms with Crippen molar-refractivity contribution < 1.29 is 9.53 Å². The van der Waals surface area contributed by atoms with Gasteiger partial charge in [-0.1, -0.05) is 6.07 Å². The molecule has 0 atom stereocenters. The molecule has 1 amide bonds. The minimum atomic E-state index is 0.158. The molecule has 1 heterocycles. The third-order valence-corrected chi connectivity index (χ3v) is 4.53. The number of piperidine rings is 1. The highest BCUT2D eigenvalue weighted by Crippen LogP contribution is 2.25. The third kappa shape index (κ3) is 4.71. The summed E-state index contributed by atoms with van der Waals surface area (Å²) in [6.07, 6.45) is 2.49. The first-order valence-electron chi connectivity index (χ1n) is 7.43. The van der Waals surface area contributed by atoms with Gasteiger partial charge in [0, 0.05) is 13.1 Å². The Labute approximate surface area is 135 Å². The number of hydrogen-bond donors (Lipinski definition) is 1. The maximum Gasteiger partial charge on any atom is 0.225 e. The van der Waals surface area contributed by atoms with Gasteiger partial charge in [-0.15, -0.1) is 0 Å². The zero-order valence-electron chi connectivity index (χ0n) is 12.7. The number of aryl methyl sites for hydroxylation is 1. The van der Waals surface area contributed by atoms with E-state index in [0.717, 1.165) is 36.2 Å². The van der Waals surface area contributed by atoms with Gasteiger partial charge in [0.25, 0.3) is 0 Å². The fourth-order valence-corrected chi connectivity index (χ4v) is 3.15. The van der Waals surface area contributed by atoms with E-state index >= 15 is 0 Å². The smallest absolute Gasteiger partial charge is 0.225 e. The summed E-state index contributed by atoms with van der Waals surface area (Å²) in [5.74, 6) is 0.947. The lowest BCUT2D eigenvalue weighted by atomic mass is 10.1. The molecule has 1 saturated heterocycles. The Bertz CT molecular complexity index is 487. The molecule has 21 heavy (non-hydrogen) atoms. The minimum absolute atomic E-state index is 0.158. The molecule has 2 rings (SSSR count). The van der Waals surface area contributed by atoms with Gasteiger partial charge >= 0.3 is 0 Å². The van der Waals surface area contributed by atoms with E-state index in [0.29, 0.717) is 19.1 Å². The van der Waals surface area contributed by atoms with Crippen LogP contribution in [-0.2, 0) is 4.79 Å². The lowest BCUT2D eigenvalue weighted by Crippen LogP contribution is -2.44. The molecule has 0 saturated carbocycles. The van der Waals surface area contributed by atoms with E-state index in [2.05, 4.69) is 21.2 Å². The van der Waals surface area contributed by atoms with Crippen molar-refractivity contribution in [2.75, 3.05) is 26.7 Å². The number of ether oxygens (including phenoxy) is 1. The summed E-state index contributed by atoms with van der Waals surface area (Å²) in [7, 11) is 1.90. The van der Waals surface area contributed by atoms with E-state index in [4.69, 9.17) is 4.74 Å². The zero-order valence-corrected chi connectivity index (χ0v) is 14.3. The van der Waals surface area contributed by atoms with Crippen LogP contribution in [0.1, 0.15) is 24.8 Å². The van der Waals surface area contributed by atoms with Crippen LogP contribution in [0.25, 0.3) is 0 Å². The molecular formula is C16H23BrN2O2. The number of hydrogen-bond acceptors (Lipinski definition) is 3. The number of nitrogens with zero attached hydrogens (tertiary/aromatic N) is 1. The summed E-state index contributed by atoms with van der Waals surface area (Å²) in [6.45, 7) is 4.44. The molecule has 1 aliphatic heterocycles. The first kappa shape index (κ1) is 16.3. The summed E-state index contributed by atoms with van der Waals surface area (Å²) in [5, 5.41) is 3.32. The van der Waals surface area contributed by atoms with Crippen molar-refractivity contribution in [1.29, 1.82) is 0 Å². The Hall–Kier alpha value is -1.07. The van der Waals surface area contributed by atoms with Crippen molar-refractivity contribution in [2.45, 2.75) is 32.2 Å². The summed E-state index contributed by atoms with van der Waals surface area (Å²) >= 11 is 3.48. The van der Waals surface area contributed by atoms with Crippen LogP contribution < -0.4 is 10.1 Å². The monoisotopic (exact) mass is 354 g/mol. The highest BCUT2D eigenvalue weighted by Gasteiger charge is 2.21. The summed E-state index contributed by atoms with van der Waals surface area (Å²) in [6, 6.07) is 6.31. The van der Waals surface area contributed by atoms with Gasteiger partial charge in [-0.25, -0.2) is 0 Å². The molecule has 1 N–H and O–H groups in total. The second-order valence-electron chi connectivity index (χ2n) is 5.52. The fourth-order valence-electron chi connectivity index (χ4n) is 2.55. The lowest BCUT2D eigenvalue weighted by molar-refractivity contribution is -0.132. The van der Waals surface area contributed by atoms with Crippen molar-refractivity contribution in [2.24, 2.45) is 0 Å². The van der Waals surface area contributed by atoms with Gasteiger partial charge in [0.2, 0.25) is 5.91 Å². The van der Waals surface area contributed by atoms with Crippen molar-refractivity contribution in [3.05, 3.63) is 28.2 Å². The van der Waals surface area contributed by atoms with Gasteiger partial charge in [-0.3, -0.25) is 4.79 Å². The summed E-state index contributed by atoms with van der Waals surface area (Å²) < 4.78 is 6.63. The second kappa shape index (κ2) is 7.80. The molecule has 1 aliphatic rings. The van der Waals surface area contributed by atoms with Gasteiger partial charge in [-0.2, -0.15) is 0 Å². The molecule has 0 radical (unpaired) electrons. The van der Waals surface area contributed by atoms with Crippen molar-refractivity contribution >= 4 is 21.8 Å². The second-order valence-corrected chi connectivity index (χ2v) is 6.37. The molecule has 0 aromatic heterocycles. The number of nitrogens with one attached hydrogen (secondary N) is 1. The molecule has 0 spiro atoms. The van der Waals surface area contributed by atoms with E-state index < -0.39 is 0 Å². The molecule has 5 heteroatoms. The van der Waals surface area contributed by atoms with Gasteiger partial charge < -0.3 is 15.0 Å². The highest BCUT2D eigenvalue weighted by atomic mass is 79.9. The largest absolute Gasteiger partial charge is 0.492 e. The molecule has 4 nitrogen and oxygen atoms in total. The first-order valence-corrected chi connectivity index (χ1v) is 8.22. The van der Waals surface area contributed by atoms with Crippen LogP contribution in [0, 0.1) is 6.92 Å². The van der Waals surface area contributed by atoms with Crippen molar-refractivity contribution in [3.8, 4) is 5.75 Å².